The highest BCUT2D eigenvalue weighted by molar-refractivity contribution is 6.16. The van der Waals surface area contributed by atoms with Crippen molar-refractivity contribution in [2.75, 3.05) is 0 Å². The Morgan fingerprint density at radius 3 is 2.55 bits per heavy atom. The van der Waals surface area contributed by atoms with E-state index in [4.69, 9.17) is 0 Å². The Bertz CT molecular complexity index is 802. The van der Waals surface area contributed by atoms with Gasteiger partial charge in [0.15, 0.2) is 5.78 Å². The molecule has 0 radical (unpaired) electrons. The van der Waals surface area contributed by atoms with Crippen molar-refractivity contribution in [3.8, 4) is 0 Å². The Morgan fingerprint density at radius 2 is 1.82 bits per heavy atom. The molecule has 112 valence electrons. The van der Waals surface area contributed by atoms with E-state index in [0.717, 1.165) is 30.3 Å². The molecule has 0 bridgehead atoms. The number of unbranched alkanes of at least 4 members (excludes halogenated alkanes) is 1. The van der Waals surface area contributed by atoms with Gasteiger partial charge in [0.05, 0.1) is 0 Å². The van der Waals surface area contributed by atoms with E-state index in [0.29, 0.717) is 11.1 Å². The summed E-state index contributed by atoms with van der Waals surface area (Å²) in [4.78, 5) is 12.7. The Kier molecular flexibility index (Phi) is 4.05. The summed E-state index contributed by atoms with van der Waals surface area (Å²) in [6.45, 7) is 3.05. The summed E-state index contributed by atoms with van der Waals surface area (Å²) in [5.74, 6) is -0.395. The highest BCUT2D eigenvalue weighted by Crippen LogP contribution is 2.24. The Balaban J connectivity index is 2.06. The predicted molar refractivity (Wildman–Crippen MR) is 86.7 cm³/mol. The average molecular weight is 295 g/mol. The average Bonchev–Trinajstić information content (AvgIpc) is 2.92. The minimum Gasteiger partial charge on any atom is -0.347 e. The van der Waals surface area contributed by atoms with Gasteiger partial charge in [0, 0.05) is 34.8 Å². The Labute approximate surface area is 129 Å². The maximum atomic E-state index is 13.0. The van der Waals surface area contributed by atoms with Crippen molar-refractivity contribution < 1.29 is 9.18 Å². The van der Waals surface area contributed by atoms with E-state index >= 15 is 0 Å². The fraction of sp³-hybridized carbons (Fsp3) is 0.211. The standard InChI is InChI=1S/C19H18FNO/c1-2-3-12-21-13-17(16-6-4-5-7-18(16)21)19(22)14-8-10-15(20)11-9-14/h4-11,13H,2-3,12H2,1H3. The number of carbonyl (C=O) groups is 1. The first-order valence-corrected chi connectivity index (χ1v) is 7.59. The van der Waals surface area contributed by atoms with Crippen LogP contribution in [0, 0.1) is 5.82 Å². The van der Waals surface area contributed by atoms with Crippen LogP contribution >= 0.6 is 0 Å². The fourth-order valence-corrected chi connectivity index (χ4v) is 2.70. The van der Waals surface area contributed by atoms with Gasteiger partial charge in [-0.1, -0.05) is 31.5 Å². The molecule has 0 spiro atoms. The van der Waals surface area contributed by atoms with Crippen molar-refractivity contribution in [2.24, 2.45) is 0 Å². The number of fused-ring (bicyclic) bond motifs is 1. The fourth-order valence-electron chi connectivity index (χ4n) is 2.70. The molecule has 0 fully saturated rings. The monoisotopic (exact) mass is 295 g/mol. The summed E-state index contributed by atoms with van der Waals surface area (Å²) in [5, 5.41) is 0.952. The van der Waals surface area contributed by atoms with Gasteiger partial charge in [-0.2, -0.15) is 0 Å². The van der Waals surface area contributed by atoms with Gasteiger partial charge in [0.1, 0.15) is 5.82 Å². The molecule has 0 saturated heterocycles. The van der Waals surface area contributed by atoms with Crippen LogP contribution in [0.15, 0.2) is 54.7 Å². The molecule has 3 aromatic rings. The van der Waals surface area contributed by atoms with E-state index in [2.05, 4.69) is 11.5 Å². The highest BCUT2D eigenvalue weighted by atomic mass is 19.1. The van der Waals surface area contributed by atoms with E-state index < -0.39 is 0 Å². The lowest BCUT2D eigenvalue weighted by Gasteiger charge is -2.02. The van der Waals surface area contributed by atoms with Crippen LogP contribution in [0.3, 0.4) is 0 Å². The quantitative estimate of drug-likeness (QED) is 0.619. The third-order valence-electron chi connectivity index (χ3n) is 3.89. The summed E-state index contributed by atoms with van der Waals surface area (Å²) in [6.07, 6.45) is 4.10. The lowest BCUT2D eigenvalue weighted by molar-refractivity contribution is 0.104. The summed E-state index contributed by atoms with van der Waals surface area (Å²) in [6, 6.07) is 13.6. The molecule has 3 heteroatoms. The minimum atomic E-state index is -0.332. The third kappa shape index (κ3) is 2.67. The maximum absolute atomic E-state index is 13.0. The molecule has 2 nitrogen and oxygen atoms in total. The van der Waals surface area contributed by atoms with Crippen molar-refractivity contribution in [3.05, 3.63) is 71.7 Å². The van der Waals surface area contributed by atoms with Gasteiger partial charge in [0.25, 0.3) is 0 Å². The predicted octanol–water partition coefficient (Wildman–Crippen LogP) is 4.81. The molecule has 22 heavy (non-hydrogen) atoms. The molecule has 2 aromatic carbocycles. The highest BCUT2D eigenvalue weighted by Gasteiger charge is 2.16. The molecule has 0 unspecified atom stereocenters. The van der Waals surface area contributed by atoms with Gasteiger partial charge in [-0.3, -0.25) is 4.79 Å². The topological polar surface area (TPSA) is 22.0 Å². The lowest BCUT2D eigenvalue weighted by Crippen LogP contribution is -2.01. The number of rotatable bonds is 5. The van der Waals surface area contributed by atoms with Crippen molar-refractivity contribution in [2.45, 2.75) is 26.3 Å². The number of hydrogen-bond acceptors (Lipinski definition) is 1. The third-order valence-corrected chi connectivity index (χ3v) is 3.89. The van der Waals surface area contributed by atoms with Gasteiger partial charge in [-0.15, -0.1) is 0 Å². The summed E-state index contributed by atoms with van der Waals surface area (Å²) >= 11 is 0. The Hall–Kier alpha value is -2.42. The minimum absolute atomic E-state index is 0.0635. The zero-order valence-electron chi connectivity index (χ0n) is 12.6. The number of aryl methyl sites for hydroxylation is 1. The second kappa shape index (κ2) is 6.14. The molecule has 3 rings (SSSR count). The molecule has 1 heterocycles. The number of nitrogens with zero attached hydrogens (tertiary/aromatic N) is 1. The molecule has 0 aliphatic heterocycles. The van der Waals surface area contributed by atoms with Gasteiger partial charge in [0.2, 0.25) is 0 Å². The molecule has 0 saturated carbocycles. The Morgan fingerprint density at radius 1 is 1.09 bits per heavy atom. The zero-order valence-corrected chi connectivity index (χ0v) is 12.6. The van der Waals surface area contributed by atoms with Crippen LogP contribution in [0.1, 0.15) is 35.7 Å². The second-order valence-electron chi connectivity index (χ2n) is 5.44. The number of hydrogen-bond donors (Lipinski definition) is 0. The molecule has 0 atom stereocenters. The lowest BCUT2D eigenvalue weighted by atomic mass is 10.0. The van der Waals surface area contributed by atoms with Gasteiger partial charge >= 0.3 is 0 Å². The summed E-state index contributed by atoms with van der Waals surface area (Å²) in [5.41, 5.74) is 2.26. The molecular weight excluding hydrogens is 277 g/mol. The van der Waals surface area contributed by atoms with Gasteiger partial charge in [-0.05, 0) is 36.8 Å². The summed E-state index contributed by atoms with van der Waals surface area (Å²) < 4.78 is 15.2. The van der Waals surface area contributed by atoms with Gasteiger partial charge < -0.3 is 4.57 Å². The first-order chi connectivity index (χ1) is 10.7. The number of aromatic nitrogens is 1. The van der Waals surface area contributed by atoms with Crippen molar-refractivity contribution in [1.82, 2.24) is 4.57 Å². The summed E-state index contributed by atoms with van der Waals surface area (Å²) in [7, 11) is 0. The largest absolute Gasteiger partial charge is 0.347 e. The molecule has 0 amide bonds. The number of ketones is 1. The normalized spacial score (nSPS) is 11.0. The number of carbonyl (C=O) groups excluding carboxylic acids is 1. The van der Waals surface area contributed by atoms with Crippen molar-refractivity contribution in [1.29, 1.82) is 0 Å². The number of para-hydroxylation sites is 1. The molecule has 1 aromatic heterocycles. The first-order valence-electron chi connectivity index (χ1n) is 7.59. The number of halogens is 1. The number of benzene rings is 2. The zero-order chi connectivity index (χ0) is 15.5. The molecule has 0 aliphatic rings. The van der Waals surface area contributed by atoms with Crippen LogP contribution in [0.5, 0.6) is 0 Å². The first kappa shape index (κ1) is 14.5. The van der Waals surface area contributed by atoms with Crippen LogP contribution in [-0.4, -0.2) is 10.4 Å². The molecular formula is C19H18FNO. The van der Waals surface area contributed by atoms with Crippen LogP contribution in [-0.2, 0) is 6.54 Å². The van der Waals surface area contributed by atoms with E-state index in [9.17, 15) is 9.18 Å². The van der Waals surface area contributed by atoms with E-state index in [1.807, 2.05) is 30.5 Å². The van der Waals surface area contributed by atoms with Crippen LogP contribution in [0.4, 0.5) is 4.39 Å². The maximum Gasteiger partial charge on any atom is 0.195 e. The van der Waals surface area contributed by atoms with Crippen LogP contribution < -0.4 is 0 Å². The van der Waals surface area contributed by atoms with Crippen LogP contribution in [0.2, 0.25) is 0 Å². The SMILES string of the molecule is CCCCn1cc(C(=O)c2ccc(F)cc2)c2ccccc21. The van der Waals surface area contributed by atoms with Crippen molar-refractivity contribution >= 4 is 16.7 Å². The van der Waals surface area contributed by atoms with E-state index in [-0.39, 0.29) is 11.6 Å². The molecule has 0 aliphatic carbocycles. The smallest absolute Gasteiger partial charge is 0.195 e. The van der Waals surface area contributed by atoms with Crippen molar-refractivity contribution in [3.63, 3.8) is 0 Å². The van der Waals surface area contributed by atoms with Gasteiger partial charge in [-0.25, -0.2) is 4.39 Å². The second-order valence-corrected chi connectivity index (χ2v) is 5.44. The molecule has 0 N–H and O–H groups in total. The van der Waals surface area contributed by atoms with E-state index in [1.54, 1.807) is 0 Å². The van der Waals surface area contributed by atoms with E-state index in [1.165, 1.54) is 24.3 Å². The van der Waals surface area contributed by atoms with Crippen LogP contribution in [0.25, 0.3) is 10.9 Å².